The van der Waals surface area contributed by atoms with Crippen LogP contribution in [0, 0.1) is 11.6 Å². The molecule has 0 aliphatic heterocycles. The lowest BCUT2D eigenvalue weighted by atomic mass is 10.0. The summed E-state index contributed by atoms with van der Waals surface area (Å²) in [5, 5.41) is 4.28. The van der Waals surface area contributed by atoms with Crippen molar-refractivity contribution in [3.05, 3.63) is 87.4 Å². The molecule has 0 saturated carbocycles. The number of rotatable bonds is 6. The van der Waals surface area contributed by atoms with Gasteiger partial charge >= 0.3 is 0 Å². The van der Waals surface area contributed by atoms with Gasteiger partial charge in [-0.05, 0) is 48.4 Å². The molecular formula is C18H15Cl2F2N3. The minimum absolute atomic E-state index is 0.156. The molecule has 0 aliphatic rings. The maximum Gasteiger partial charge on any atom is 0.127 e. The fourth-order valence-corrected chi connectivity index (χ4v) is 3.18. The molecule has 0 fully saturated rings. The fourth-order valence-electron chi connectivity index (χ4n) is 2.61. The monoisotopic (exact) mass is 381 g/mol. The normalized spacial score (nSPS) is 12.3. The molecule has 1 unspecified atom stereocenters. The summed E-state index contributed by atoms with van der Waals surface area (Å²) < 4.78 is 27.2. The van der Waals surface area contributed by atoms with Crippen molar-refractivity contribution in [1.82, 2.24) is 15.3 Å². The highest BCUT2D eigenvalue weighted by molar-refractivity contribution is 6.34. The number of halogens is 4. The second-order valence-electron chi connectivity index (χ2n) is 5.63. The number of benzene rings is 2. The fraction of sp³-hybridized carbons (Fsp3) is 0.167. The smallest absolute Gasteiger partial charge is 0.127 e. The summed E-state index contributed by atoms with van der Waals surface area (Å²) in [5.41, 5.74) is 1.16. The number of nitrogens with zero attached hydrogens (tertiary/aromatic N) is 1. The Morgan fingerprint density at radius 3 is 2.52 bits per heavy atom. The van der Waals surface area contributed by atoms with E-state index in [1.54, 1.807) is 18.5 Å². The highest BCUT2D eigenvalue weighted by Crippen LogP contribution is 2.23. The summed E-state index contributed by atoms with van der Waals surface area (Å²) in [6, 6.07) is 8.43. The molecule has 3 aromatic rings. The van der Waals surface area contributed by atoms with Crippen LogP contribution >= 0.6 is 23.2 Å². The van der Waals surface area contributed by atoms with Crippen LogP contribution in [-0.4, -0.2) is 9.97 Å². The van der Waals surface area contributed by atoms with Crippen LogP contribution in [0.3, 0.4) is 0 Å². The van der Waals surface area contributed by atoms with Crippen LogP contribution in [0.5, 0.6) is 0 Å². The predicted octanol–water partition coefficient (Wildman–Crippen LogP) is 5.07. The first kappa shape index (κ1) is 17.9. The first-order valence-electron chi connectivity index (χ1n) is 7.63. The Balaban J connectivity index is 1.79. The molecule has 0 saturated heterocycles. The Labute approximate surface area is 154 Å². The van der Waals surface area contributed by atoms with Crippen molar-refractivity contribution in [2.24, 2.45) is 0 Å². The Morgan fingerprint density at radius 2 is 1.84 bits per heavy atom. The van der Waals surface area contributed by atoms with Gasteiger partial charge in [0.1, 0.15) is 17.5 Å². The molecule has 0 amide bonds. The Kier molecular flexibility index (Phi) is 5.68. The quantitative estimate of drug-likeness (QED) is 0.625. The van der Waals surface area contributed by atoms with Gasteiger partial charge in [-0.2, -0.15) is 0 Å². The van der Waals surface area contributed by atoms with Crippen LogP contribution in [0.25, 0.3) is 0 Å². The molecule has 25 heavy (non-hydrogen) atoms. The van der Waals surface area contributed by atoms with Crippen molar-refractivity contribution < 1.29 is 8.78 Å². The van der Waals surface area contributed by atoms with Crippen molar-refractivity contribution in [3.8, 4) is 0 Å². The summed E-state index contributed by atoms with van der Waals surface area (Å²) in [4.78, 5) is 7.30. The molecule has 7 heteroatoms. The molecular weight excluding hydrogens is 367 g/mol. The number of imidazole rings is 1. The second-order valence-corrected chi connectivity index (χ2v) is 6.50. The Morgan fingerprint density at radius 1 is 1.08 bits per heavy atom. The summed E-state index contributed by atoms with van der Waals surface area (Å²) in [6.45, 7) is 0.156. The molecule has 1 atom stereocenters. The SMILES string of the molecule is Fc1ccc(F)c(CNC(Cc2cc(Cl)cc(Cl)c2)c2ncc[nH]2)c1. The van der Waals surface area contributed by atoms with E-state index in [1.165, 1.54) is 6.07 Å². The number of aromatic amines is 1. The van der Waals surface area contributed by atoms with Crippen LogP contribution < -0.4 is 5.32 Å². The Hall–Kier alpha value is -1.95. The van der Waals surface area contributed by atoms with Crippen LogP contribution in [0.4, 0.5) is 8.78 Å². The van der Waals surface area contributed by atoms with Crippen LogP contribution in [-0.2, 0) is 13.0 Å². The first-order chi connectivity index (χ1) is 12.0. The van der Waals surface area contributed by atoms with Gasteiger partial charge in [-0.1, -0.05) is 23.2 Å². The molecule has 0 aliphatic carbocycles. The first-order valence-corrected chi connectivity index (χ1v) is 8.38. The molecule has 1 aromatic heterocycles. The van der Waals surface area contributed by atoms with Crippen molar-refractivity contribution in [1.29, 1.82) is 0 Å². The van der Waals surface area contributed by atoms with Gasteiger partial charge in [0.05, 0.1) is 6.04 Å². The average molecular weight is 382 g/mol. The highest BCUT2D eigenvalue weighted by atomic mass is 35.5. The van der Waals surface area contributed by atoms with E-state index in [9.17, 15) is 8.78 Å². The van der Waals surface area contributed by atoms with Crippen molar-refractivity contribution >= 4 is 23.2 Å². The van der Waals surface area contributed by atoms with Crippen molar-refractivity contribution in [3.63, 3.8) is 0 Å². The summed E-state index contributed by atoms with van der Waals surface area (Å²) in [5.74, 6) is -0.250. The topological polar surface area (TPSA) is 40.7 Å². The third-order valence-electron chi connectivity index (χ3n) is 3.76. The van der Waals surface area contributed by atoms with E-state index in [0.717, 1.165) is 17.7 Å². The van der Waals surface area contributed by atoms with E-state index in [1.807, 2.05) is 12.1 Å². The van der Waals surface area contributed by atoms with Gasteiger partial charge in [0.25, 0.3) is 0 Å². The molecule has 2 aromatic carbocycles. The number of H-pyrrole nitrogens is 1. The van der Waals surface area contributed by atoms with Gasteiger partial charge in [-0.3, -0.25) is 0 Å². The van der Waals surface area contributed by atoms with Gasteiger partial charge < -0.3 is 10.3 Å². The van der Waals surface area contributed by atoms with Gasteiger partial charge in [0.2, 0.25) is 0 Å². The van der Waals surface area contributed by atoms with E-state index >= 15 is 0 Å². The zero-order valence-corrected chi connectivity index (χ0v) is 14.6. The lowest BCUT2D eigenvalue weighted by Crippen LogP contribution is -2.24. The van der Waals surface area contributed by atoms with Crippen molar-refractivity contribution in [2.45, 2.75) is 19.0 Å². The largest absolute Gasteiger partial charge is 0.347 e. The van der Waals surface area contributed by atoms with Crippen molar-refractivity contribution in [2.75, 3.05) is 0 Å². The standard InChI is InChI=1S/C18H15Cl2F2N3/c19-13-5-11(6-14(20)9-13)7-17(18-23-3-4-24-18)25-10-12-8-15(21)1-2-16(12)22/h1-6,8-9,17,25H,7,10H2,(H,23,24). The second kappa shape index (κ2) is 7.95. The molecule has 0 bridgehead atoms. The molecule has 0 spiro atoms. The lowest BCUT2D eigenvalue weighted by molar-refractivity contribution is 0.492. The van der Waals surface area contributed by atoms with Crippen LogP contribution in [0.15, 0.2) is 48.8 Å². The maximum atomic E-state index is 13.8. The third kappa shape index (κ3) is 4.78. The summed E-state index contributed by atoms with van der Waals surface area (Å²) in [7, 11) is 0. The number of hydrogen-bond donors (Lipinski definition) is 2. The van der Waals surface area contributed by atoms with Crippen LogP contribution in [0.1, 0.15) is 23.0 Å². The minimum atomic E-state index is -0.477. The van der Waals surface area contributed by atoms with Gasteiger partial charge in [0, 0.05) is 34.5 Å². The minimum Gasteiger partial charge on any atom is -0.347 e. The molecule has 130 valence electrons. The average Bonchev–Trinajstić information content (AvgIpc) is 3.08. The van der Waals surface area contributed by atoms with Gasteiger partial charge in [-0.15, -0.1) is 0 Å². The molecule has 2 N–H and O–H groups in total. The summed E-state index contributed by atoms with van der Waals surface area (Å²) >= 11 is 12.1. The Bertz CT molecular complexity index is 833. The zero-order valence-electron chi connectivity index (χ0n) is 13.1. The summed E-state index contributed by atoms with van der Waals surface area (Å²) in [6.07, 6.45) is 3.88. The van der Waals surface area contributed by atoms with E-state index < -0.39 is 11.6 Å². The number of aromatic nitrogens is 2. The zero-order chi connectivity index (χ0) is 17.8. The van der Waals surface area contributed by atoms with E-state index in [0.29, 0.717) is 22.3 Å². The number of nitrogens with one attached hydrogen (secondary N) is 2. The highest BCUT2D eigenvalue weighted by Gasteiger charge is 2.16. The third-order valence-corrected chi connectivity index (χ3v) is 4.19. The number of hydrogen-bond acceptors (Lipinski definition) is 2. The van der Waals surface area contributed by atoms with Gasteiger partial charge in [-0.25, -0.2) is 13.8 Å². The molecule has 3 rings (SSSR count). The van der Waals surface area contributed by atoms with Crippen LogP contribution in [0.2, 0.25) is 10.0 Å². The van der Waals surface area contributed by atoms with Gasteiger partial charge in [0.15, 0.2) is 0 Å². The van der Waals surface area contributed by atoms with E-state index in [-0.39, 0.29) is 18.2 Å². The molecule has 0 radical (unpaired) electrons. The maximum absolute atomic E-state index is 13.8. The predicted molar refractivity (Wildman–Crippen MR) is 94.7 cm³/mol. The molecule has 1 heterocycles. The lowest BCUT2D eigenvalue weighted by Gasteiger charge is -2.18. The van der Waals surface area contributed by atoms with E-state index in [2.05, 4.69) is 15.3 Å². The molecule has 3 nitrogen and oxygen atoms in total. The van der Waals surface area contributed by atoms with E-state index in [4.69, 9.17) is 23.2 Å².